The molecule has 1 aliphatic heterocycles. The van der Waals surface area contributed by atoms with E-state index in [1.165, 1.54) is 7.05 Å². The normalized spacial score (nSPS) is 17.2. The Labute approximate surface area is 96.4 Å². The summed E-state index contributed by atoms with van der Waals surface area (Å²) in [4.78, 5) is 13.3. The summed E-state index contributed by atoms with van der Waals surface area (Å²) in [6.07, 6.45) is 3.22. The first-order valence-corrected chi connectivity index (χ1v) is 7.14. The fourth-order valence-corrected chi connectivity index (χ4v) is 2.18. The molecule has 0 atom stereocenters. The predicted octanol–water partition coefficient (Wildman–Crippen LogP) is -0.269. The Morgan fingerprint density at radius 2 is 1.88 bits per heavy atom. The highest BCUT2D eigenvalue weighted by Crippen LogP contribution is 2.08. The van der Waals surface area contributed by atoms with Crippen molar-refractivity contribution in [2.24, 2.45) is 0 Å². The molecule has 1 heterocycles. The van der Waals surface area contributed by atoms with Crippen LogP contribution < -0.4 is 10.0 Å². The third-order valence-corrected chi connectivity index (χ3v) is 3.96. The van der Waals surface area contributed by atoms with Crippen LogP contribution in [-0.4, -0.2) is 51.8 Å². The number of nitrogens with zero attached hydrogens (tertiary/aromatic N) is 1. The van der Waals surface area contributed by atoms with Crippen LogP contribution in [0.15, 0.2) is 0 Å². The van der Waals surface area contributed by atoms with Crippen LogP contribution in [0, 0.1) is 0 Å². The highest BCUT2D eigenvalue weighted by molar-refractivity contribution is 7.89. The zero-order valence-electron chi connectivity index (χ0n) is 9.53. The quantitative estimate of drug-likeness (QED) is 0.720. The molecule has 1 saturated heterocycles. The third-order valence-electron chi connectivity index (χ3n) is 2.60. The molecule has 0 aromatic rings. The van der Waals surface area contributed by atoms with Crippen molar-refractivity contribution in [1.82, 2.24) is 14.9 Å². The fraction of sp³-hybridized carbons (Fsp3) is 0.889. The van der Waals surface area contributed by atoms with Crippen LogP contribution in [0.4, 0.5) is 4.79 Å². The van der Waals surface area contributed by atoms with Gasteiger partial charge >= 0.3 is 6.03 Å². The number of carbonyl (C=O) groups excluding carboxylic acids is 1. The van der Waals surface area contributed by atoms with E-state index in [1.807, 2.05) is 0 Å². The minimum absolute atomic E-state index is 0.0803. The summed E-state index contributed by atoms with van der Waals surface area (Å²) in [6.45, 7) is 1.69. The van der Waals surface area contributed by atoms with Gasteiger partial charge in [-0.25, -0.2) is 17.9 Å². The van der Waals surface area contributed by atoms with Gasteiger partial charge in [-0.15, -0.1) is 0 Å². The zero-order chi connectivity index (χ0) is 12.0. The van der Waals surface area contributed by atoms with Gasteiger partial charge in [0.1, 0.15) is 0 Å². The van der Waals surface area contributed by atoms with E-state index in [4.69, 9.17) is 0 Å². The summed E-state index contributed by atoms with van der Waals surface area (Å²) in [7, 11) is -1.87. The SMILES string of the molecule is CNS(=O)(=O)CCNC(=O)N1CCCCC1. The van der Waals surface area contributed by atoms with E-state index in [0.717, 1.165) is 32.4 Å². The number of hydrogen-bond donors (Lipinski definition) is 2. The van der Waals surface area contributed by atoms with Crippen molar-refractivity contribution < 1.29 is 13.2 Å². The maximum absolute atomic E-state index is 11.6. The number of likely N-dealkylation sites (tertiary alicyclic amines) is 1. The van der Waals surface area contributed by atoms with Crippen LogP contribution in [0.25, 0.3) is 0 Å². The fourth-order valence-electron chi connectivity index (χ4n) is 1.60. The Hall–Kier alpha value is -0.820. The van der Waals surface area contributed by atoms with Crippen molar-refractivity contribution in [2.75, 3.05) is 32.4 Å². The van der Waals surface area contributed by atoms with Crippen molar-refractivity contribution in [3.63, 3.8) is 0 Å². The molecule has 0 bridgehead atoms. The minimum atomic E-state index is -3.23. The average Bonchev–Trinajstić information content (AvgIpc) is 2.30. The molecule has 7 heteroatoms. The number of piperidine rings is 1. The predicted molar refractivity (Wildman–Crippen MR) is 61.7 cm³/mol. The molecular formula is C9H19N3O3S. The van der Waals surface area contributed by atoms with Gasteiger partial charge in [0.2, 0.25) is 10.0 Å². The van der Waals surface area contributed by atoms with Crippen molar-refractivity contribution in [3.8, 4) is 0 Å². The number of urea groups is 1. The van der Waals surface area contributed by atoms with E-state index >= 15 is 0 Å². The molecule has 6 nitrogen and oxygen atoms in total. The lowest BCUT2D eigenvalue weighted by molar-refractivity contribution is 0.187. The number of carbonyl (C=O) groups is 1. The Morgan fingerprint density at radius 1 is 1.25 bits per heavy atom. The minimum Gasteiger partial charge on any atom is -0.337 e. The number of nitrogens with one attached hydrogen (secondary N) is 2. The second-order valence-corrected chi connectivity index (χ2v) is 5.85. The molecule has 0 aromatic carbocycles. The van der Waals surface area contributed by atoms with Crippen LogP contribution in [0.3, 0.4) is 0 Å². The van der Waals surface area contributed by atoms with Gasteiger partial charge in [0.15, 0.2) is 0 Å². The van der Waals surface area contributed by atoms with Gasteiger partial charge in [-0.1, -0.05) is 0 Å². The average molecular weight is 249 g/mol. The largest absolute Gasteiger partial charge is 0.337 e. The Bertz CT molecular complexity index is 323. The number of rotatable bonds is 4. The highest BCUT2D eigenvalue weighted by Gasteiger charge is 2.16. The first-order valence-electron chi connectivity index (χ1n) is 5.49. The van der Waals surface area contributed by atoms with Crippen molar-refractivity contribution in [3.05, 3.63) is 0 Å². The van der Waals surface area contributed by atoms with Gasteiger partial charge in [0.05, 0.1) is 5.75 Å². The maximum Gasteiger partial charge on any atom is 0.317 e. The molecule has 2 amide bonds. The summed E-state index contributed by atoms with van der Waals surface area (Å²) in [5.41, 5.74) is 0. The van der Waals surface area contributed by atoms with Crippen LogP contribution in [0.1, 0.15) is 19.3 Å². The maximum atomic E-state index is 11.6. The Morgan fingerprint density at radius 3 is 2.44 bits per heavy atom. The lowest BCUT2D eigenvalue weighted by Gasteiger charge is -2.26. The zero-order valence-corrected chi connectivity index (χ0v) is 10.3. The van der Waals surface area contributed by atoms with Gasteiger partial charge in [-0.05, 0) is 26.3 Å². The van der Waals surface area contributed by atoms with Crippen LogP contribution in [0.2, 0.25) is 0 Å². The van der Waals surface area contributed by atoms with E-state index in [1.54, 1.807) is 4.90 Å². The molecule has 0 radical (unpaired) electrons. The standard InChI is InChI=1S/C9H19N3O3S/c1-10-16(14,15)8-5-11-9(13)12-6-3-2-4-7-12/h10H,2-8H2,1H3,(H,11,13). The summed E-state index contributed by atoms with van der Waals surface area (Å²) < 4.78 is 24.4. The summed E-state index contributed by atoms with van der Waals surface area (Å²) >= 11 is 0. The van der Waals surface area contributed by atoms with Crippen molar-refractivity contribution in [1.29, 1.82) is 0 Å². The molecule has 0 aromatic heterocycles. The number of sulfonamides is 1. The van der Waals surface area contributed by atoms with Crippen LogP contribution >= 0.6 is 0 Å². The second kappa shape index (κ2) is 6.05. The molecule has 2 N–H and O–H groups in total. The van der Waals surface area contributed by atoms with Crippen LogP contribution in [-0.2, 0) is 10.0 Å². The topological polar surface area (TPSA) is 78.5 Å². The number of hydrogen-bond acceptors (Lipinski definition) is 3. The van der Waals surface area contributed by atoms with Crippen molar-refractivity contribution >= 4 is 16.1 Å². The van der Waals surface area contributed by atoms with Gasteiger partial charge in [0.25, 0.3) is 0 Å². The molecular weight excluding hydrogens is 230 g/mol. The van der Waals surface area contributed by atoms with Gasteiger partial charge in [-0.3, -0.25) is 0 Å². The van der Waals surface area contributed by atoms with Crippen molar-refractivity contribution in [2.45, 2.75) is 19.3 Å². The van der Waals surface area contributed by atoms with Gasteiger partial charge < -0.3 is 10.2 Å². The third kappa shape index (κ3) is 4.36. The van der Waals surface area contributed by atoms with E-state index in [9.17, 15) is 13.2 Å². The Kier molecular flexibility index (Phi) is 5.01. The molecule has 1 rings (SSSR count). The van der Waals surface area contributed by atoms with E-state index in [-0.39, 0.29) is 18.3 Å². The van der Waals surface area contributed by atoms with Gasteiger partial charge in [0, 0.05) is 19.6 Å². The summed E-state index contributed by atoms with van der Waals surface area (Å²) in [5, 5.41) is 2.61. The molecule has 0 saturated carbocycles. The van der Waals surface area contributed by atoms with E-state index < -0.39 is 10.0 Å². The lowest BCUT2D eigenvalue weighted by Crippen LogP contribution is -2.44. The molecule has 1 fully saturated rings. The summed E-state index contributed by atoms with van der Waals surface area (Å²) in [5.74, 6) is -0.0803. The molecule has 0 aliphatic carbocycles. The van der Waals surface area contributed by atoms with Crippen LogP contribution in [0.5, 0.6) is 0 Å². The monoisotopic (exact) mass is 249 g/mol. The van der Waals surface area contributed by atoms with E-state index in [2.05, 4.69) is 10.0 Å². The van der Waals surface area contributed by atoms with E-state index in [0.29, 0.717) is 0 Å². The first-order chi connectivity index (χ1) is 7.55. The van der Waals surface area contributed by atoms with Gasteiger partial charge in [-0.2, -0.15) is 0 Å². The molecule has 0 unspecified atom stereocenters. The molecule has 94 valence electrons. The number of amides is 2. The highest BCUT2D eigenvalue weighted by atomic mass is 32.2. The summed E-state index contributed by atoms with van der Waals surface area (Å²) in [6, 6.07) is -0.161. The lowest BCUT2D eigenvalue weighted by atomic mass is 10.1. The molecule has 16 heavy (non-hydrogen) atoms. The smallest absolute Gasteiger partial charge is 0.317 e. The Balaban J connectivity index is 2.24. The second-order valence-electron chi connectivity index (χ2n) is 3.80. The molecule has 0 spiro atoms. The first kappa shape index (κ1) is 13.2. The molecule has 1 aliphatic rings.